The molecule has 20 heavy (non-hydrogen) atoms. The summed E-state index contributed by atoms with van der Waals surface area (Å²) < 4.78 is 47.0. The third kappa shape index (κ3) is 4.29. The maximum Gasteiger partial charge on any atom is 0.179 e. The highest BCUT2D eigenvalue weighted by Gasteiger charge is 2.22. The van der Waals surface area contributed by atoms with Crippen LogP contribution < -0.4 is 5.73 Å². The first-order valence-corrected chi connectivity index (χ1v) is 9.90. The predicted octanol–water partition coefficient (Wildman–Crippen LogP) is 1.24. The van der Waals surface area contributed by atoms with E-state index in [4.69, 9.17) is 5.73 Å². The molecule has 0 aliphatic carbocycles. The summed E-state index contributed by atoms with van der Waals surface area (Å²) in [6, 6.07) is 4.80. The second-order valence-corrected chi connectivity index (χ2v) is 9.12. The van der Waals surface area contributed by atoms with Gasteiger partial charge in [-0.25, -0.2) is 16.8 Å². The van der Waals surface area contributed by atoms with E-state index >= 15 is 0 Å². The fraction of sp³-hybridized carbons (Fsp3) is 0.538. The zero-order chi connectivity index (χ0) is 15.6. The predicted molar refractivity (Wildman–Crippen MR) is 79.0 cm³/mol. The van der Waals surface area contributed by atoms with Crippen molar-refractivity contribution in [2.45, 2.75) is 36.1 Å². The summed E-state index contributed by atoms with van der Waals surface area (Å²) in [6.07, 6.45) is 1.89. The van der Waals surface area contributed by atoms with Crippen molar-refractivity contribution in [3.63, 3.8) is 0 Å². The van der Waals surface area contributed by atoms with Crippen molar-refractivity contribution in [2.75, 3.05) is 12.0 Å². The van der Waals surface area contributed by atoms with E-state index in [9.17, 15) is 16.8 Å². The van der Waals surface area contributed by atoms with Gasteiger partial charge in [0, 0.05) is 12.3 Å². The molecule has 0 fully saturated rings. The molecule has 0 aliphatic rings. The highest BCUT2D eigenvalue weighted by atomic mass is 32.2. The quantitative estimate of drug-likeness (QED) is 0.851. The van der Waals surface area contributed by atoms with E-state index in [0.717, 1.165) is 12.7 Å². The van der Waals surface area contributed by atoms with Crippen molar-refractivity contribution in [2.24, 2.45) is 11.7 Å². The van der Waals surface area contributed by atoms with Crippen LogP contribution in [-0.4, -0.2) is 34.9 Å². The zero-order valence-corrected chi connectivity index (χ0v) is 13.5. The second kappa shape index (κ2) is 6.24. The fourth-order valence-electron chi connectivity index (χ4n) is 1.71. The van der Waals surface area contributed by atoms with E-state index < -0.39 is 25.7 Å². The number of hydrogen-bond donors (Lipinski definition) is 1. The standard InChI is InChI=1S/C13H21NO4S2/c1-4-10(2)13(14)9-20(17,18)12-7-5-11(6-8-12)19(3,15)16/h5-8,10,13H,4,9,14H2,1-3H3. The minimum absolute atomic E-state index is 0.0997. The smallest absolute Gasteiger partial charge is 0.179 e. The Morgan fingerprint density at radius 1 is 1.05 bits per heavy atom. The molecule has 0 heterocycles. The van der Waals surface area contributed by atoms with Gasteiger partial charge >= 0.3 is 0 Å². The van der Waals surface area contributed by atoms with Crippen LogP contribution in [0.25, 0.3) is 0 Å². The monoisotopic (exact) mass is 319 g/mol. The second-order valence-electron chi connectivity index (χ2n) is 5.07. The van der Waals surface area contributed by atoms with Gasteiger partial charge < -0.3 is 5.73 Å². The van der Waals surface area contributed by atoms with Crippen LogP contribution in [0.4, 0.5) is 0 Å². The van der Waals surface area contributed by atoms with Gasteiger partial charge in [-0.15, -0.1) is 0 Å². The lowest BCUT2D eigenvalue weighted by molar-refractivity contribution is 0.466. The van der Waals surface area contributed by atoms with Gasteiger partial charge in [0.1, 0.15) is 0 Å². The third-order valence-corrected chi connectivity index (χ3v) is 6.34. The molecule has 1 rings (SSSR count). The Kier molecular flexibility index (Phi) is 5.34. The van der Waals surface area contributed by atoms with Crippen LogP contribution in [0.3, 0.4) is 0 Å². The molecule has 0 saturated heterocycles. The van der Waals surface area contributed by atoms with Crippen LogP contribution >= 0.6 is 0 Å². The number of sulfone groups is 2. The first-order valence-electron chi connectivity index (χ1n) is 6.36. The Hall–Kier alpha value is -0.920. The zero-order valence-electron chi connectivity index (χ0n) is 11.9. The van der Waals surface area contributed by atoms with E-state index in [-0.39, 0.29) is 21.5 Å². The van der Waals surface area contributed by atoms with E-state index in [1.807, 2.05) is 13.8 Å². The van der Waals surface area contributed by atoms with Crippen LogP contribution in [-0.2, 0) is 19.7 Å². The highest BCUT2D eigenvalue weighted by molar-refractivity contribution is 7.91. The van der Waals surface area contributed by atoms with Gasteiger partial charge in [0.2, 0.25) is 0 Å². The van der Waals surface area contributed by atoms with Gasteiger partial charge in [-0.2, -0.15) is 0 Å². The van der Waals surface area contributed by atoms with Crippen LogP contribution in [0.15, 0.2) is 34.1 Å². The van der Waals surface area contributed by atoms with Crippen LogP contribution in [0.1, 0.15) is 20.3 Å². The van der Waals surface area contributed by atoms with Gasteiger partial charge in [-0.1, -0.05) is 20.3 Å². The van der Waals surface area contributed by atoms with Gasteiger partial charge in [0.05, 0.1) is 15.5 Å². The maximum atomic E-state index is 12.2. The summed E-state index contributed by atoms with van der Waals surface area (Å²) in [5, 5.41) is 0. The first kappa shape index (κ1) is 17.1. The maximum absolute atomic E-state index is 12.2. The van der Waals surface area contributed by atoms with Crippen molar-refractivity contribution in [3.8, 4) is 0 Å². The fourth-order valence-corrected chi connectivity index (χ4v) is 3.92. The molecule has 1 aromatic rings. The number of benzene rings is 1. The van der Waals surface area contributed by atoms with E-state index in [1.54, 1.807) is 0 Å². The highest BCUT2D eigenvalue weighted by Crippen LogP contribution is 2.18. The van der Waals surface area contributed by atoms with Crippen LogP contribution in [0.2, 0.25) is 0 Å². The lowest BCUT2D eigenvalue weighted by Crippen LogP contribution is -2.35. The Morgan fingerprint density at radius 3 is 1.90 bits per heavy atom. The minimum Gasteiger partial charge on any atom is -0.327 e. The van der Waals surface area contributed by atoms with Gasteiger partial charge in [-0.3, -0.25) is 0 Å². The van der Waals surface area contributed by atoms with E-state index in [0.29, 0.717) is 0 Å². The van der Waals surface area contributed by atoms with Crippen molar-refractivity contribution < 1.29 is 16.8 Å². The molecule has 0 aliphatic heterocycles. The average Bonchev–Trinajstić information content (AvgIpc) is 2.36. The Balaban J connectivity index is 3.00. The summed E-state index contributed by atoms with van der Waals surface area (Å²) in [6.45, 7) is 3.87. The molecule has 0 radical (unpaired) electrons. The molecule has 0 spiro atoms. The molecule has 0 saturated carbocycles. The van der Waals surface area contributed by atoms with Crippen molar-refractivity contribution in [1.82, 2.24) is 0 Å². The molecule has 2 atom stereocenters. The first-order chi connectivity index (χ1) is 9.08. The van der Waals surface area contributed by atoms with Crippen LogP contribution in [0.5, 0.6) is 0 Å². The molecule has 2 N–H and O–H groups in total. The topological polar surface area (TPSA) is 94.3 Å². The number of nitrogens with two attached hydrogens (primary N) is 1. The summed E-state index contributed by atoms with van der Waals surface area (Å²) >= 11 is 0. The Labute approximate surface area is 121 Å². The molecule has 0 aromatic heterocycles. The lowest BCUT2D eigenvalue weighted by atomic mass is 10.0. The molecule has 114 valence electrons. The van der Waals surface area contributed by atoms with Crippen molar-refractivity contribution >= 4 is 19.7 Å². The largest absolute Gasteiger partial charge is 0.327 e. The minimum atomic E-state index is -3.50. The van der Waals surface area contributed by atoms with Crippen molar-refractivity contribution in [1.29, 1.82) is 0 Å². The van der Waals surface area contributed by atoms with E-state index in [1.165, 1.54) is 24.3 Å². The molecular weight excluding hydrogens is 298 g/mol. The average molecular weight is 319 g/mol. The number of hydrogen-bond acceptors (Lipinski definition) is 5. The summed E-state index contributed by atoms with van der Waals surface area (Å²) in [7, 11) is -6.82. The number of rotatable bonds is 6. The Bertz CT molecular complexity index is 648. The molecule has 5 nitrogen and oxygen atoms in total. The molecule has 2 unspecified atom stereocenters. The van der Waals surface area contributed by atoms with E-state index in [2.05, 4.69) is 0 Å². The molecule has 7 heteroatoms. The lowest BCUT2D eigenvalue weighted by Gasteiger charge is -2.18. The van der Waals surface area contributed by atoms with Gasteiger partial charge in [-0.05, 0) is 30.2 Å². The van der Waals surface area contributed by atoms with Crippen molar-refractivity contribution in [3.05, 3.63) is 24.3 Å². The molecule has 0 bridgehead atoms. The van der Waals surface area contributed by atoms with Gasteiger partial charge in [0.25, 0.3) is 0 Å². The summed E-state index contributed by atoms with van der Waals surface area (Å²) in [5.74, 6) is -0.0275. The Morgan fingerprint density at radius 2 is 1.50 bits per heavy atom. The normalized spacial score (nSPS) is 15.8. The van der Waals surface area contributed by atoms with Gasteiger partial charge in [0.15, 0.2) is 19.7 Å². The molecular formula is C13H21NO4S2. The SMILES string of the molecule is CCC(C)C(N)CS(=O)(=O)c1ccc(S(C)(=O)=O)cc1. The third-order valence-electron chi connectivity index (χ3n) is 3.40. The van der Waals surface area contributed by atoms with Crippen LogP contribution in [0, 0.1) is 5.92 Å². The molecule has 0 amide bonds. The molecule has 1 aromatic carbocycles. The summed E-state index contributed by atoms with van der Waals surface area (Å²) in [5.41, 5.74) is 5.88. The summed E-state index contributed by atoms with van der Waals surface area (Å²) in [4.78, 5) is 0.200.